The van der Waals surface area contributed by atoms with Gasteiger partial charge in [-0.3, -0.25) is 9.36 Å². The quantitative estimate of drug-likeness (QED) is 0.628. The number of aromatic amines is 1. The van der Waals surface area contributed by atoms with Crippen LogP contribution in [0.3, 0.4) is 0 Å². The van der Waals surface area contributed by atoms with Crippen LogP contribution < -0.4 is 5.32 Å². The summed E-state index contributed by atoms with van der Waals surface area (Å²) in [5, 5.41) is 12.6. The molecule has 2 aromatic heterocycles. The Balaban J connectivity index is 1.77. The first-order valence-corrected chi connectivity index (χ1v) is 7.43. The van der Waals surface area contributed by atoms with Crippen molar-refractivity contribution in [2.45, 2.75) is 6.10 Å². The van der Waals surface area contributed by atoms with Gasteiger partial charge in [0.25, 0.3) is 5.91 Å². The highest BCUT2D eigenvalue weighted by molar-refractivity contribution is 7.71. The predicted molar refractivity (Wildman–Crippen MR) is 87.0 cm³/mol. The zero-order valence-corrected chi connectivity index (χ0v) is 12.9. The number of rotatable bonds is 5. The third-order valence-electron chi connectivity index (χ3n) is 3.35. The van der Waals surface area contributed by atoms with Gasteiger partial charge in [-0.2, -0.15) is 0 Å². The third kappa shape index (κ3) is 3.25. The predicted octanol–water partition coefficient (Wildman–Crippen LogP) is 2.59. The van der Waals surface area contributed by atoms with Gasteiger partial charge >= 0.3 is 0 Å². The zero-order chi connectivity index (χ0) is 16.2. The second-order valence-corrected chi connectivity index (χ2v) is 5.28. The maximum Gasteiger partial charge on any atom is 0.269 e. The van der Waals surface area contributed by atoms with E-state index in [1.807, 2.05) is 30.3 Å². The van der Waals surface area contributed by atoms with Crippen LogP contribution in [0.5, 0.6) is 0 Å². The topological polar surface area (TPSA) is 83.2 Å². The number of nitrogens with zero attached hydrogens (tertiary/aromatic N) is 1. The van der Waals surface area contributed by atoms with Crippen molar-refractivity contribution in [1.82, 2.24) is 14.9 Å². The van der Waals surface area contributed by atoms with E-state index in [2.05, 4.69) is 10.3 Å². The largest absolute Gasteiger partial charge is 0.467 e. The van der Waals surface area contributed by atoms with Crippen molar-refractivity contribution in [3.63, 3.8) is 0 Å². The number of carbonyl (C=O) groups excluding carboxylic acids is 1. The van der Waals surface area contributed by atoms with Crippen molar-refractivity contribution in [2.24, 2.45) is 0 Å². The highest BCUT2D eigenvalue weighted by atomic mass is 32.1. The minimum absolute atomic E-state index is 0.0408. The summed E-state index contributed by atoms with van der Waals surface area (Å²) >= 11 is 5.24. The molecule has 0 saturated carbocycles. The van der Waals surface area contributed by atoms with Gasteiger partial charge in [-0.05, 0) is 36.5 Å². The van der Waals surface area contributed by atoms with E-state index < -0.39 is 6.10 Å². The van der Waals surface area contributed by atoms with Gasteiger partial charge < -0.3 is 19.8 Å². The van der Waals surface area contributed by atoms with Crippen molar-refractivity contribution in [3.8, 4) is 5.69 Å². The molecule has 1 unspecified atom stereocenters. The second-order valence-electron chi connectivity index (χ2n) is 4.89. The summed E-state index contributed by atoms with van der Waals surface area (Å²) < 4.78 is 7.17. The van der Waals surface area contributed by atoms with Crippen molar-refractivity contribution < 1.29 is 14.3 Å². The monoisotopic (exact) mass is 329 g/mol. The highest BCUT2D eigenvalue weighted by Crippen LogP contribution is 2.14. The lowest BCUT2D eigenvalue weighted by atomic mass is 10.2. The normalized spacial score (nSPS) is 12.0. The fraction of sp³-hybridized carbons (Fsp3) is 0.125. The fourth-order valence-electron chi connectivity index (χ4n) is 2.23. The Labute approximate surface area is 137 Å². The minimum atomic E-state index is -0.902. The lowest BCUT2D eigenvalue weighted by Crippen LogP contribution is -2.29. The van der Waals surface area contributed by atoms with Crippen LogP contribution in [0.2, 0.25) is 0 Å². The molecule has 1 amide bonds. The molecular weight excluding hydrogens is 314 g/mol. The first kappa shape index (κ1) is 15.3. The van der Waals surface area contributed by atoms with E-state index >= 15 is 0 Å². The number of furan rings is 1. The number of amides is 1. The molecule has 0 spiro atoms. The molecule has 0 bridgehead atoms. The maximum absolute atomic E-state index is 12.4. The molecule has 0 aliphatic carbocycles. The second kappa shape index (κ2) is 6.64. The summed E-state index contributed by atoms with van der Waals surface area (Å²) in [7, 11) is 0. The van der Waals surface area contributed by atoms with Crippen LogP contribution in [0.1, 0.15) is 22.4 Å². The van der Waals surface area contributed by atoms with Crippen LogP contribution >= 0.6 is 12.2 Å². The van der Waals surface area contributed by atoms with Gasteiger partial charge in [0.15, 0.2) is 4.77 Å². The number of nitrogens with one attached hydrogen (secondary N) is 2. The Morgan fingerprint density at radius 1 is 1.30 bits per heavy atom. The average Bonchev–Trinajstić information content (AvgIpc) is 3.22. The van der Waals surface area contributed by atoms with Gasteiger partial charge in [-0.15, -0.1) is 0 Å². The van der Waals surface area contributed by atoms with E-state index in [9.17, 15) is 9.90 Å². The van der Waals surface area contributed by atoms with Crippen LogP contribution in [-0.4, -0.2) is 27.1 Å². The number of para-hydroxylation sites is 1. The van der Waals surface area contributed by atoms with Crippen molar-refractivity contribution in [3.05, 3.63) is 71.1 Å². The Morgan fingerprint density at radius 2 is 2.09 bits per heavy atom. The lowest BCUT2D eigenvalue weighted by molar-refractivity contribution is 0.0894. The summed E-state index contributed by atoms with van der Waals surface area (Å²) in [6.45, 7) is 0.0408. The molecule has 0 aliphatic heterocycles. The van der Waals surface area contributed by atoms with Crippen LogP contribution in [0.15, 0.2) is 59.3 Å². The Morgan fingerprint density at radius 3 is 2.78 bits per heavy atom. The van der Waals surface area contributed by atoms with E-state index in [4.69, 9.17) is 16.6 Å². The molecule has 0 fully saturated rings. The van der Waals surface area contributed by atoms with Gasteiger partial charge in [0.05, 0.1) is 12.8 Å². The maximum atomic E-state index is 12.4. The van der Waals surface area contributed by atoms with E-state index in [0.29, 0.717) is 16.2 Å². The summed E-state index contributed by atoms with van der Waals surface area (Å²) in [4.78, 5) is 15.3. The summed E-state index contributed by atoms with van der Waals surface area (Å²) in [6, 6.07) is 12.7. The number of benzene rings is 1. The van der Waals surface area contributed by atoms with E-state index in [-0.39, 0.29) is 12.5 Å². The lowest BCUT2D eigenvalue weighted by Gasteiger charge is -2.11. The van der Waals surface area contributed by atoms with Crippen LogP contribution in [-0.2, 0) is 0 Å². The third-order valence-corrected chi connectivity index (χ3v) is 3.65. The Hall–Kier alpha value is -2.64. The number of aliphatic hydroxyl groups excluding tert-OH is 1. The van der Waals surface area contributed by atoms with E-state index in [1.165, 1.54) is 6.26 Å². The number of hydrogen-bond donors (Lipinski definition) is 3. The van der Waals surface area contributed by atoms with Gasteiger partial charge in [0, 0.05) is 11.9 Å². The number of aliphatic hydroxyl groups is 1. The molecule has 1 aromatic carbocycles. The first-order chi connectivity index (χ1) is 11.2. The molecule has 3 N–H and O–H groups in total. The summed E-state index contributed by atoms with van der Waals surface area (Å²) in [6.07, 6.45) is 2.12. The first-order valence-electron chi connectivity index (χ1n) is 7.02. The van der Waals surface area contributed by atoms with Gasteiger partial charge in [0.1, 0.15) is 17.6 Å². The standard InChI is InChI=1S/C16H15N3O3S/c20-13(14-7-4-8-22-14)10-17-15(21)12-9-18-16(23)19(12)11-5-2-1-3-6-11/h1-9,13,20H,10H2,(H,17,21)(H,18,23). The number of carbonyl (C=O) groups is 1. The zero-order valence-electron chi connectivity index (χ0n) is 12.1. The average molecular weight is 329 g/mol. The number of imidazole rings is 1. The molecule has 1 atom stereocenters. The summed E-state index contributed by atoms with van der Waals surface area (Å²) in [5.74, 6) is 0.0612. The molecule has 0 aliphatic rings. The molecular formula is C16H15N3O3S. The van der Waals surface area contributed by atoms with Crippen molar-refractivity contribution >= 4 is 18.1 Å². The highest BCUT2D eigenvalue weighted by Gasteiger charge is 2.17. The van der Waals surface area contributed by atoms with E-state index in [1.54, 1.807) is 22.9 Å². The number of aromatic nitrogens is 2. The van der Waals surface area contributed by atoms with Gasteiger partial charge in [-0.1, -0.05) is 18.2 Å². The van der Waals surface area contributed by atoms with Crippen LogP contribution in [0, 0.1) is 4.77 Å². The van der Waals surface area contributed by atoms with Gasteiger partial charge in [-0.25, -0.2) is 0 Å². The molecule has 118 valence electrons. The SMILES string of the molecule is O=C(NCC(O)c1ccco1)c1c[nH]c(=S)n1-c1ccccc1. The van der Waals surface area contributed by atoms with Crippen LogP contribution in [0.25, 0.3) is 5.69 Å². The molecule has 23 heavy (non-hydrogen) atoms. The number of hydrogen-bond acceptors (Lipinski definition) is 4. The fourth-order valence-corrected chi connectivity index (χ4v) is 2.49. The molecule has 0 radical (unpaired) electrons. The van der Waals surface area contributed by atoms with Crippen molar-refractivity contribution in [1.29, 1.82) is 0 Å². The molecule has 6 nitrogen and oxygen atoms in total. The molecule has 0 saturated heterocycles. The Bertz CT molecular complexity index is 837. The molecule has 7 heteroatoms. The smallest absolute Gasteiger partial charge is 0.269 e. The summed E-state index contributed by atoms with van der Waals surface area (Å²) in [5.41, 5.74) is 1.16. The molecule has 3 rings (SSSR count). The van der Waals surface area contributed by atoms with Crippen LogP contribution in [0.4, 0.5) is 0 Å². The minimum Gasteiger partial charge on any atom is -0.467 e. The molecule has 2 heterocycles. The number of H-pyrrole nitrogens is 1. The Kier molecular flexibility index (Phi) is 4.40. The van der Waals surface area contributed by atoms with Gasteiger partial charge in [0.2, 0.25) is 0 Å². The van der Waals surface area contributed by atoms with Crippen molar-refractivity contribution in [2.75, 3.05) is 6.54 Å². The molecule has 3 aromatic rings. The van der Waals surface area contributed by atoms with E-state index in [0.717, 1.165) is 5.69 Å².